The molecule has 1 aromatic heterocycles. The first-order valence-electron chi connectivity index (χ1n) is 14.5. The van der Waals surface area contributed by atoms with E-state index in [0.717, 1.165) is 37.7 Å². The van der Waals surface area contributed by atoms with Crippen molar-refractivity contribution in [3.8, 4) is 49.5 Å². The van der Waals surface area contributed by atoms with Crippen LogP contribution in [0.15, 0.2) is 60.7 Å². The van der Waals surface area contributed by atoms with Crippen LogP contribution in [0.2, 0.25) is 0 Å². The molecule has 0 saturated heterocycles. The van der Waals surface area contributed by atoms with E-state index in [-0.39, 0.29) is 35.8 Å². The van der Waals surface area contributed by atoms with Gasteiger partial charge in [0.2, 0.25) is 0 Å². The fourth-order valence-electron chi connectivity index (χ4n) is 4.66. The van der Waals surface area contributed by atoms with E-state index in [1.165, 1.54) is 11.3 Å². The summed E-state index contributed by atoms with van der Waals surface area (Å²) in [7, 11) is 0. The molecule has 0 aliphatic carbocycles. The third-order valence-corrected chi connectivity index (χ3v) is 8.17. The highest BCUT2D eigenvalue weighted by Crippen LogP contribution is 2.46. The van der Waals surface area contributed by atoms with Gasteiger partial charge in [0.25, 0.3) is 0 Å². The second kappa shape index (κ2) is 13.2. The smallest absolute Gasteiger partial charge is 0.311 e. The number of phenols is 1. The van der Waals surface area contributed by atoms with E-state index in [1.807, 2.05) is 24.3 Å². The molecule has 0 amide bonds. The summed E-state index contributed by atoms with van der Waals surface area (Å²) in [5.74, 6) is -1.29. The van der Waals surface area contributed by atoms with Crippen LogP contribution in [0.4, 0.5) is 0 Å². The first-order valence-corrected chi connectivity index (χ1v) is 15.3. The van der Waals surface area contributed by atoms with Crippen molar-refractivity contribution in [2.24, 2.45) is 0 Å². The van der Waals surface area contributed by atoms with Crippen LogP contribution in [0.25, 0.3) is 32.3 Å². The van der Waals surface area contributed by atoms with Gasteiger partial charge in [-0.2, -0.15) is 0 Å². The fourth-order valence-corrected chi connectivity index (χ4v) is 5.74. The number of carbonyl (C=O) groups is 3. The number of thiazole rings is 1. The molecule has 0 spiro atoms. The number of benzene rings is 3. The lowest BCUT2D eigenvalue weighted by Gasteiger charge is -2.28. The highest BCUT2D eigenvalue weighted by Gasteiger charge is 2.28. The van der Waals surface area contributed by atoms with Crippen LogP contribution in [0.1, 0.15) is 71.9 Å². The number of rotatable bonds is 9. The van der Waals surface area contributed by atoms with E-state index < -0.39 is 17.9 Å². The second-order valence-corrected chi connectivity index (χ2v) is 13.7. The van der Waals surface area contributed by atoms with Gasteiger partial charge in [-0.3, -0.25) is 14.4 Å². The van der Waals surface area contributed by atoms with Gasteiger partial charge in [0.15, 0.2) is 0 Å². The number of aromatic hydroxyl groups is 1. The van der Waals surface area contributed by atoms with Crippen LogP contribution in [0.5, 0.6) is 17.2 Å². The van der Waals surface area contributed by atoms with E-state index in [1.54, 1.807) is 36.4 Å². The van der Waals surface area contributed by atoms with Gasteiger partial charge in [0.05, 0.1) is 23.4 Å². The lowest BCUT2D eigenvalue weighted by atomic mass is 9.78. The van der Waals surface area contributed by atoms with Crippen molar-refractivity contribution in [2.45, 2.75) is 71.6 Å². The molecule has 0 aliphatic heterocycles. The number of aliphatic carboxylic acids is 1. The Labute approximate surface area is 267 Å². The van der Waals surface area contributed by atoms with Gasteiger partial charge in [-0.05, 0) is 84.0 Å². The second-order valence-electron chi connectivity index (χ2n) is 12.7. The van der Waals surface area contributed by atoms with Gasteiger partial charge >= 0.3 is 17.9 Å². The summed E-state index contributed by atoms with van der Waals surface area (Å²) >= 11 is 1.49. The Bertz CT molecular complexity index is 1670. The maximum Gasteiger partial charge on any atom is 0.311 e. The lowest BCUT2D eigenvalue weighted by Crippen LogP contribution is -2.17. The molecular formula is C36H37NO7S. The molecule has 45 heavy (non-hydrogen) atoms. The zero-order chi connectivity index (χ0) is 33.1. The van der Waals surface area contributed by atoms with Crippen molar-refractivity contribution < 1.29 is 34.1 Å². The maximum atomic E-state index is 12.1. The van der Waals surface area contributed by atoms with Crippen LogP contribution in [-0.2, 0) is 25.2 Å². The van der Waals surface area contributed by atoms with E-state index in [9.17, 15) is 19.5 Å². The normalized spacial score (nSPS) is 11.7. The maximum absolute atomic E-state index is 12.1. The number of hydrogen-bond donors (Lipinski definition) is 2. The Morgan fingerprint density at radius 3 is 1.71 bits per heavy atom. The summed E-state index contributed by atoms with van der Waals surface area (Å²) < 4.78 is 10.6. The molecule has 0 unspecified atom stereocenters. The minimum Gasteiger partial charge on any atom is -0.507 e. The van der Waals surface area contributed by atoms with Crippen LogP contribution in [0.3, 0.4) is 0 Å². The van der Waals surface area contributed by atoms with Crippen molar-refractivity contribution in [1.82, 2.24) is 4.98 Å². The number of carboxylic acid groups (broad SMARTS) is 1. The van der Waals surface area contributed by atoms with Crippen molar-refractivity contribution >= 4 is 29.2 Å². The standard InChI is InChI=1S/C36H37NO7S/c1-8-29(40)43-24-15-11-22(12-16-24)33-31(21-9-13-25(14-10-21)44-30(41)18-17-28(38)39)37-34(45-33)23-19-26(35(2,3)4)32(42)27(20-23)36(5,6)7/h1,9-16,19-20,42H,8,17-18H2,2-7H3,(H,38,39). The van der Waals surface area contributed by atoms with Gasteiger partial charge in [-0.15, -0.1) is 11.3 Å². The summed E-state index contributed by atoms with van der Waals surface area (Å²) in [5, 5.41) is 20.9. The predicted octanol–water partition coefficient (Wildman–Crippen LogP) is 8.22. The third-order valence-electron chi connectivity index (χ3n) is 7.02. The number of nitrogens with zero attached hydrogens (tertiary/aromatic N) is 1. The molecule has 0 fully saturated rings. The molecule has 0 saturated carbocycles. The zero-order valence-electron chi connectivity index (χ0n) is 26.3. The first kappa shape index (κ1) is 33.4. The van der Waals surface area contributed by atoms with Crippen LogP contribution in [-0.4, -0.2) is 33.1 Å². The molecule has 2 radical (unpaired) electrons. The molecule has 3 aromatic carbocycles. The van der Waals surface area contributed by atoms with Crippen LogP contribution < -0.4 is 9.47 Å². The molecule has 4 aromatic rings. The van der Waals surface area contributed by atoms with Crippen molar-refractivity contribution in [3.63, 3.8) is 0 Å². The van der Waals surface area contributed by atoms with E-state index >= 15 is 0 Å². The molecule has 4 rings (SSSR count). The predicted molar refractivity (Wildman–Crippen MR) is 175 cm³/mol. The number of aromatic nitrogens is 1. The van der Waals surface area contributed by atoms with Gasteiger partial charge in [0, 0.05) is 28.7 Å². The highest BCUT2D eigenvalue weighted by molar-refractivity contribution is 7.19. The molecule has 0 bridgehead atoms. The topological polar surface area (TPSA) is 123 Å². The molecule has 0 aliphatic rings. The van der Waals surface area contributed by atoms with E-state index in [4.69, 9.17) is 26.5 Å². The first-order chi connectivity index (χ1) is 21.1. The number of ether oxygens (including phenoxy) is 2. The highest BCUT2D eigenvalue weighted by atomic mass is 32.1. The Balaban J connectivity index is 1.82. The number of hydrogen-bond acceptors (Lipinski definition) is 8. The minimum atomic E-state index is -1.07. The SMILES string of the molecule is [CH]CC(=O)Oc1ccc(-c2sc(-c3cc(C(C)(C)C)c(O)c(C(C)(C)C)c3)nc2-c2ccc(OC(=O)CCC(=O)O)cc2)cc1. The van der Waals surface area contributed by atoms with Crippen molar-refractivity contribution in [3.05, 3.63) is 78.7 Å². The molecule has 9 heteroatoms. The molecule has 234 valence electrons. The Kier molecular flexibility index (Phi) is 9.83. The molecule has 2 N–H and O–H groups in total. The number of carboxylic acids is 1. The Morgan fingerprint density at radius 2 is 1.24 bits per heavy atom. The third kappa shape index (κ3) is 8.16. The molecular weight excluding hydrogens is 590 g/mol. The number of phenolic OH excluding ortho intramolecular Hbond substituents is 1. The van der Waals surface area contributed by atoms with Gasteiger partial charge in [-0.1, -0.05) is 41.5 Å². The largest absolute Gasteiger partial charge is 0.507 e. The quantitative estimate of drug-likeness (QED) is 0.141. The van der Waals surface area contributed by atoms with Crippen molar-refractivity contribution in [1.29, 1.82) is 0 Å². The van der Waals surface area contributed by atoms with Gasteiger partial charge < -0.3 is 19.7 Å². The average molecular weight is 628 g/mol. The monoisotopic (exact) mass is 627 g/mol. The van der Waals surface area contributed by atoms with Crippen molar-refractivity contribution in [2.75, 3.05) is 0 Å². The lowest BCUT2D eigenvalue weighted by molar-refractivity contribution is -0.142. The van der Waals surface area contributed by atoms with E-state index in [2.05, 4.69) is 41.5 Å². The van der Waals surface area contributed by atoms with Gasteiger partial charge in [-0.25, -0.2) is 4.98 Å². The average Bonchev–Trinajstić information content (AvgIpc) is 3.41. The molecule has 0 atom stereocenters. The van der Waals surface area contributed by atoms with E-state index in [0.29, 0.717) is 17.2 Å². The molecule has 8 nitrogen and oxygen atoms in total. The summed E-state index contributed by atoms with van der Waals surface area (Å²) in [5.41, 5.74) is 4.17. The summed E-state index contributed by atoms with van der Waals surface area (Å²) in [6, 6.07) is 17.9. The molecule has 1 heterocycles. The van der Waals surface area contributed by atoms with Gasteiger partial charge in [0.1, 0.15) is 22.3 Å². The summed E-state index contributed by atoms with van der Waals surface area (Å²) in [6.45, 7) is 17.8. The van der Waals surface area contributed by atoms with Crippen LogP contribution >= 0.6 is 11.3 Å². The zero-order valence-corrected chi connectivity index (χ0v) is 27.1. The number of carbonyl (C=O) groups excluding carboxylic acids is 2. The van der Waals surface area contributed by atoms with Crippen LogP contribution in [0, 0.1) is 6.92 Å². The minimum absolute atomic E-state index is 0.227. The summed E-state index contributed by atoms with van der Waals surface area (Å²) in [4.78, 5) is 40.5. The Hall–Kier alpha value is -4.50. The Morgan fingerprint density at radius 1 is 0.756 bits per heavy atom. The number of esters is 2. The fraction of sp³-hybridized carbons (Fsp3) is 0.306. The summed E-state index contributed by atoms with van der Waals surface area (Å²) in [6.07, 6.45) is -0.765.